The SMILES string of the molecule is CC(C#N)(NP(=O)(c1ccccc1)c1ccccc1)c1ccc2c(c1)OCO2. The molecule has 1 aliphatic rings. The van der Waals surface area contributed by atoms with Crippen LogP contribution in [0.1, 0.15) is 12.5 Å². The molecule has 0 aliphatic carbocycles. The molecule has 0 spiro atoms. The fourth-order valence-electron chi connectivity index (χ4n) is 3.23. The smallest absolute Gasteiger partial charge is 0.231 e. The maximum atomic E-state index is 14.3. The molecule has 6 heteroatoms. The third-order valence-electron chi connectivity index (χ3n) is 4.79. The van der Waals surface area contributed by atoms with Crippen molar-refractivity contribution < 1.29 is 14.0 Å². The summed E-state index contributed by atoms with van der Waals surface area (Å²) < 4.78 is 25.1. The van der Waals surface area contributed by atoms with E-state index in [2.05, 4.69) is 11.2 Å². The topological polar surface area (TPSA) is 71.4 Å². The van der Waals surface area contributed by atoms with Gasteiger partial charge >= 0.3 is 0 Å². The van der Waals surface area contributed by atoms with E-state index in [4.69, 9.17) is 9.47 Å². The Labute approximate surface area is 164 Å². The van der Waals surface area contributed by atoms with Gasteiger partial charge in [0.05, 0.1) is 6.07 Å². The first-order valence-electron chi connectivity index (χ1n) is 8.87. The van der Waals surface area contributed by atoms with Gasteiger partial charge < -0.3 is 9.47 Å². The molecule has 1 heterocycles. The molecular weight excluding hydrogens is 371 g/mol. The van der Waals surface area contributed by atoms with E-state index in [0.717, 1.165) is 0 Å². The third-order valence-corrected chi connectivity index (χ3v) is 7.61. The van der Waals surface area contributed by atoms with Gasteiger partial charge in [-0.15, -0.1) is 0 Å². The molecule has 4 rings (SSSR count). The minimum absolute atomic E-state index is 0.155. The molecule has 0 amide bonds. The number of nitrogens with one attached hydrogen (secondary N) is 1. The highest BCUT2D eigenvalue weighted by atomic mass is 31.2. The number of rotatable bonds is 5. The molecule has 3 aromatic carbocycles. The van der Waals surface area contributed by atoms with Gasteiger partial charge in [0.2, 0.25) is 14.1 Å². The molecule has 0 bridgehead atoms. The highest BCUT2D eigenvalue weighted by molar-refractivity contribution is 7.77. The summed E-state index contributed by atoms with van der Waals surface area (Å²) >= 11 is 0. The van der Waals surface area contributed by atoms with Crippen molar-refractivity contribution >= 4 is 17.9 Å². The third kappa shape index (κ3) is 3.18. The Balaban J connectivity index is 1.81. The van der Waals surface area contributed by atoms with E-state index in [1.54, 1.807) is 25.1 Å². The maximum Gasteiger partial charge on any atom is 0.231 e. The van der Waals surface area contributed by atoms with Crippen LogP contribution in [0.2, 0.25) is 0 Å². The highest BCUT2D eigenvalue weighted by Crippen LogP contribution is 2.44. The van der Waals surface area contributed by atoms with Crippen LogP contribution in [0.15, 0.2) is 78.9 Å². The van der Waals surface area contributed by atoms with E-state index in [-0.39, 0.29) is 6.79 Å². The minimum atomic E-state index is -3.29. The first kappa shape index (κ1) is 18.3. The monoisotopic (exact) mass is 390 g/mol. The molecule has 1 atom stereocenters. The van der Waals surface area contributed by atoms with Gasteiger partial charge in [0, 0.05) is 10.6 Å². The van der Waals surface area contributed by atoms with Crippen molar-refractivity contribution in [3.8, 4) is 17.6 Å². The van der Waals surface area contributed by atoms with E-state index >= 15 is 0 Å². The summed E-state index contributed by atoms with van der Waals surface area (Å²) in [6.07, 6.45) is 0. The van der Waals surface area contributed by atoms with Crippen LogP contribution in [0.5, 0.6) is 11.5 Å². The largest absolute Gasteiger partial charge is 0.454 e. The number of ether oxygens (including phenoxy) is 2. The van der Waals surface area contributed by atoms with Crippen LogP contribution in [-0.4, -0.2) is 6.79 Å². The van der Waals surface area contributed by atoms with Crippen LogP contribution >= 0.6 is 7.29 Å². The lowest BCUT2D eigenvalue weighted by atomic mass is 9.95. The van der Waals surface area contributed by atoms with Gasteiger partial charge in [-0.1, -0.05) is 42.5 Å². The van der Waals surface area contributed by atoms with Gasteiger partial charge in [0.25, 0.3) is 0 Å². The number of fused-ring (bicyclic) bond motifs is 1. The molecule has 0 aromatic heterocycles. The second kappa shape index (κ2) is 7.16. The maximum absolute atomic E-state index is 14.3. The summed E-state index contributed by atoms with van der Waals surface area (Å²) in [5, 5.41) is 14.5. The van der Waals surface area contributed by atoms with Crippen molar-refractivity contribution in [3.05, 3.63) is 84.4 Å². The standard InChI is InChI=1S/C22H19N2O3P/c1-22(15-23,17-12-13-20-21(14-17)27-16-26-20)24-28(25,18-8-4-2-5-9-18)19-10-6-3-7-11-19/h2-14H,16H2,1H3,(H,24,25). The molecule has 1 N–H and O–H groups in total. The van der Waals surface area contributed by atoms with Crippen LogP contribution < -0.4 is 25.2 Å². The van der Waals surface area contributed by atoms with Crippen LogP contribution in [0, 0.1) is 11.3 Å². The van der Waals surface area contributed by atoms with Gasteiger partial charge in [-0.2, -0.15) is 5.26 Å². The molecule has 1 aliphatic heterocycles. The van der Waals surface area contributed by atoms with Gasteiger partial charge in [-0.3, -0.25) is 4.57 Å². The van der Waals surface area contributed by atoms with Gasteiger partial charge in [0.1, 0.15) is 5.54 Å². The summed E-state index contributed by atoms with van der Waals surface area (Å²) in [5.41, 5.74) is -0.548. The van der Waals surface area contributed by atoms with Gasteiger partial charge in [-0.25, -0.2) is 5.09 Å². The fraction of sp³-hybridized carbons (Fsp3) is 0.136. The highest BCUT2D eigenvalue weighted by Gasteiger charge is 2.38. The van der Waals surface area contributed by atoms with Crippen molar-refractivity contribution in [2.45, 2.75) is 12.5 Å². The van der Waals surface area contributed by atoms with Crippen molar-refractivity contribution in [1.82, 2.24) is 5.09 Å². The van der Waals surface area contributed by atoms with Gasteiger partial charge in [0.15, 0.2) is 11.5 Å². The van der Waals surface area contributed by atoms with E-state index in [1.807, 2.05) is 60.7 Å². The van der Waals surface area contributed by atoms with Crippen LogP contribution in [0.3, 0.4) is 0 Å². The molecule has 28 heavy (non-hydrogen) atoms. The van der Waals surface area contributed by atoms with Crippen molar-refractivity contribution in [3.63, 3.8) is 0 Å². The number of hydrogen-bond donors (Lipinski definition) is 1. The molecule has 0 radical (unpaired) electrons. The first-order valence-corrected chi connectivity index (χ1v) is 10.6. The molecule has 0 fully saturated rings. The zero-order chi connectivity index (χ0) is 19.6. The molecule has 0 saturated heterocycles. The molecule has 0 saturated carbocycles. The molecule has 1 unspecified atom stereocenters. The second-order valence-electron chi connectivity index (χ2n) is 6.70. The van der Waals surface area contributed by atoms with Crippen molar-refractivity contribution in [1.29, 1.82) is 5.26 Å². The zero-order valence-corrected chi connectivity index (χ0v) is 16.2. The Hall–Kier alpha value is -3.06. The minimum Gasteiger partial charge on any atom is -0.454 e. The predicted octanol–water partition coefficient (Wildman–Crippen LogP) is 3.67. The van der Waals surface area contributed by atoms with E-state index < -0.39 is 12.8 Å². The average molecular weight is 390 g/mol. The van der Waals surface area contributed by atoms with E-state index in [1.165, 1.54) is 0 Å². The number of hydrogen-bond acceptors (Lipinski definition) is 4. The number of nitriles is 1. The summed E-state index contributed by atoms with van der Waals surface area (Å²) in [5.74, 6) is 1.22. The zero-order valence-electron chi connectivity index (χ0n) is 15.3. The Bertz CT molecular complexity index is 1040. The van der Waals surface area contributed by atoms with E-state index in [0.29, 0.717) is 27.7 Å². The number of benzene rings is 3. The predicted molar refractivity (Wildman–Crippen MR) is 108 cm³/mol. The molecule has 5 nitrogen and oxygen atoms in total. The Morgan fingerprint density at radius 2 is 1.50 bits per heavy atom. The lowest BCUT2D eigenvalue weighted by Crippen LogP contribution is -2.41. The summed E-state index contributed by atoms with van der Waals surface area (Å²) in [4.78, 5) is 0. The normalized spacial score (nSPS) is 14.9. The molecule has 140 valence electrons. The average Bonchev–Trinajstić information content (AvgIpc) is 3.23. The summed E-state index contributed by atoms with van der Waals surface area (Å²) in [6.45, 7) is 1.88. The quantitative estimate of drug-likeness (QED) is 0.673. The Morgan fingerprint density at radius 3 is 2.07 bits per heavy atom. The lowest BCUT2D eigenvalue weighted by Gasteiger charge is -2.31. The summed E-state index contributed by atoms with van der Waals surface area (Å²) in [7, 11) is -3.29. The fourth-order valence-corrected chi connectivity index (χ4v) is 5.78. The Morgan fingerprint density at radius 1 is 0.929 bits per heavy atom. The van der Waals surface area contributed by atoms with Crippen LogP contribution in [-0.2, 0) is 10.1 Å². The van der Waals surface area contributed by atoms with Crippen LogP contribution in [0.25, 0.3) is 0 Å². The number of nitrogens with zero attached hydrogens (tertiary/aromatic N) is 1. The molecule has 3 aromatic rings. The molecular formula is C22H19N2O3P. The Kier molecular flexibility index (Phi) is 4.68. The van der Waals surface area contributed by atoms with Crippen molar-refractivity contribution in [2.75, 3.05) is 6.79 Å². The second-order valence-corrected chi connectivity index (χ2v) is 9.17. The first-order chi connectivity index (χ1) is 13.5. The summed E-state index contributed by atoms with van der Waals surface area (Å²) in [6, 6.07) is 26.0. The lowest BCUT2D eigenvalue weighted by molar-refractivity contribution is 0.174. The van der Waals surface area contributed by atoms with Crippen LogP contribution in [0.4, 0.5) is 0 Å². The van der Waals surface area contributed by atoms with E-state index in [9.17, 15) is 9.83 Å². The van der Waals surface area contributed by atoms with Gasteiger partial charge in [-0.05, 0) is 48.9 Å². The van der Waals surface area contributed by atoms with Crippen molar-refractivity contribution in [2.24, 2.45) is 0 Å².